The molecule has 0 amide bonds. The number of piperidine rings is 1. The fourth-order valence-corrected chi connectivity index (χ4v) is 4.06. The van der Waals surface area contributed by atoms with Crippen LogP contribution in [0.15, 0.2) is 47.3 Å². The maximum Gasteiger partial charge on any atom is 0.250 e. The Morgan fingerprint density at radius 3 is 2.71 bits per heavy atom. The lowest BCUT2D eigenvalue weighted by Gasteiger charge is -2.43. The number of likely N-dealkylation sites (tertiary alicyclic amines) is 1. The molecule has 2 aliphatic heterocycles. The maximum absolute atomic E-state index is 13.0. The normalized spacial score (nSPS) is 22.0. The van der Waals surface area contributed by atoms with Gasteiger partial charge in [-0.25, -0.2) is 4.39 Å². The van der Waals surface area contributed by atoms with E-state index in [1.807, 2.05) is 16.7 Å². The summed E-state index contributed by atoms with van der Waals surface area (Å²) in [5, 5.41) is 3.84. The molecule has 2 aromatic rings. The second-order valence-corrected chi connectivity index (χ2v) is 6.93. The number of benzene rings is 1. The Labute approximate surface area is 144 Å². The first kappa shape index (κ1) is 15.3. The number of fused-ring (bicyclic) bond motifs is 4. The molecule has 1 aromatic heterocycles. The molecule has 2 aliphatic rings. The van der Waals surface area contributed by atoms with Crippen molar-refractivity contribution >= 4 is 23.0 Å². The highest BCUT2D eigenvalue weighted by atomic mass is 32.1. The van der Waals surface area contributed by atoms with Gasteiger partial charge in [0.05, 0.1) is 0 Å². The number of thiocarbonyl (C=S) groups is 1. The first-order valence-corrected chi connectivity index (χ1v) is 8.52. The number of halogens is 1. The molecule has 1 N–H and O–H groups in total. The number of hydrogen-bond acceptors (Lipinski definition) is 2. The lowest BCUT2D eigenvalue weighted by Crippen LogP contribution is -2.50. The number of nitrogens with one attached hydrogen (secondary N) is 1. The Balaban J connectivity index is 1.52. The molecule has 4 rings (SSSR count). The van der Waals surface area contributed by atoms with E-state index in [0.717, 1.165) is 37.4 Å². The van der Waals surface area contributed by atoms with E-state index in [-0.39, 0.29) is 11.4 Å². The molecule has 0 radical (unpaired) electrons. The third-order valence-corrected chi connectivity index (χ3v) is 5.22. The molecule has 0 aliphatic carbocycles. The third-order valence-electron chi connectivity index (χ3n) is 4.86. The largest absolute Gasteiger partial charge is 0.348 e. The molecule has 0 spiro atoms. The van der Waals surface area contributed by atoms with Gasteiger partial charge in [0.15, 0.2) is 5.11 Å². The van der Waals surface area contributed by atoms with E-state index in [2.05, 4.69) is 10.2 Å². The summed E-state index contributed by atoms with van der Waals surface area (Å²) in [7, 11) is 0. The molecule has 0 saturated carbocycles. The highest BCUT2D eigenvalue weighted by Gasteiger charge is 2.35. The van der Waals surface area contributed by atoms with Crippen LogP contribution in [0.4, 0.5) is 10.1 Å². The number of rotatable bonds is 1. The average molecular weight is 343 g/mol. The van der Waals surface area contributed by atoms with Crippen LogP contribution in [0.2, 0.25) is 0 Å². The van der Waals surface area contributed by atoms with E-state index in [0.29, 0.717) is 16.9 Å². The van der Waals surface area contributed by atoms with Crippen LogP contribution in [0.3, 0.4) is 0 Å². The predicted molar refractivity (Wildman–Crippen MR) is 95.7 cm³/mol. The summed E-state index contributed by atoms with van der Waals surface area (Å²) in [4.78, 5) is 14.2. The van der Waals surface area contributed by atoms with Crippen LogP contribution in [0.5, 0.6) is 0 Å². The molecule has 6 heteroatoms. The van der Waals surface area contributed by atoms with E-state index in [9.17, 15) is 9.18 Å². The van der Waals surface area contributed by atoms with Gasteiger partial charge in [0.2, 0.25) is 0 Å². The summed E-state index contributed by atoms with van der Waals surface area (Å²) in [5.41, 5.74) is 1.98. The molecule has 4 nitrogen and oxygen atoms in total. The number of nitrogens with zero attached hydrogens (tertiary/aromatic N) is 2. The minimum atomic E-state index is -0.263. The first-order chi connectivity index (χ1) is 11.6. The number of pyridine rings is 1. The summed E-state index contributed by atoms with van der Waals surface area (Å²) < 4.78 is 14.9. The fraction of sp³-hybridized carbons (Fsp3) is 0.333. The van der Waals surface area contributed by atoms with Gasteiger partial charge in [0.25, 0.3) is 5.56 Å². The van der Waals surface area contributed by atoms with Gasteiger partial charge in [-0.15, -0.1) is 0 Å². The Morgan fingerprint density at radius 1 is 1.12 bits per heavy atom. The molecular weight excluding hydrogens is 325 g/mol. The van der Waals surface area contributed by atoms with Gasteiger partial charge in [0.1, 0.15) is 5.82 Å². The molecule has 2 bridgehead atoms. The Hall–Kier alpha value is -2.21. The average Bonchev–Trinajstić information content (AvgIpc) is 2.58. The molecule has 1 fully saturated rings. The summed E-state index contributed by atoms with van der Waals surface area (Å²) in [5.74, 6) is 0.477. The summed E-state index contributed by atoms with van der Waals surface area (Å²) in [6, 6.07) is 11.7. The van der Waals surface area contributed by atoms with Gasteiger partial charge < -0.3 is 14.8 Å². The zero-order chi connectivity index (χ0) is 16.7. The minimum absolute atomic E-state index is 0.0858. The van der Waals surface area contributed by atoms with Crippen molar-refractivity contribution in [2.75, 3.05) is 18.4 Å². The van der Waals surface area contributed by atoms with Crippen molar-refractivity contribution in [2.24, 2.45) is 5.92 Å². The molecular formula is C18H18FN3OS. The number of anilines is 1. The van der Waals surface area contributed by atoms with Crippen molar-refractivity contribution in [1.82, 2.24) is 9.47 Å². The minimum Gasteiger partial charge on any atom is -0.348 e. The Kier molecular flexibility index (Phi) is 3.84. The highest BCUT2D eigenvalue weighted by Crippen LogP contribution is 2.35. The molecule has 2 unspecified atom stereocenters. The monoisotopic (exact) mass is 343 g/mol. The van der Waals surface area contributed by atoms with Crippen LogP contribution in [0.25, 0.3) is 0 Å². The lowest BCUT2D eigenvalue weighted by molar-refractivity contribution is 0.180. The third kappa shape index (κ3) is 2.82. The van der Waals surface area contributed by atoms with Gasteiger partial charge in [-0.2, -0.15) is 0 Å². The molecule has 3 heterocycles. The van der Waals surface area contributed by atoms with E-state index in [4.69, 9.17) is 12.2 Å². The van der Waals surface area contributed by atoms with Crippen LogP contribution < -0.4 is 10.9 Å². The van der Waals surface area contributed by atoms with Crippen molar-refractivity contribution in [3.8, 4) is 0 Å². The predicted octanol–water partition coefficient (Wildman–Crippen LogP) is 2.80. The standard InChI is InChI=1S/C18H18FN3OS/c19-14-4-6-15(7-5-14)20-18(24)21-9-12-8-13(11-21)16-2-1-3-17(23)22(16)10-12/h1-7,12-13H,8-11H2,(H,20,24). The van der Waals surface area contributed by atoms with Gasteiger partial charge in [0, 0.05) is 43.0 Å². The van der Waals surface area contributed by atoms with Crippen molar-refractivity contribution in [1.29, 1.82) is 0 Å². The maximum atomic E-state index is 13.0. The molecule has 24 heavy (non-hydrogen) atoms. The number of hydrogen-bond donors (Lipinski definition) is 1. The summed E-state index contributed by atoms with van der Waals surface area (Å²) in [6.45, 7) is 2.39. The van der Waals surface area contributed by atoms with E-state index in [1.54, 1.807) is 18.2 Å². The fourth-order valence-electron chi connectivity index (χ4n) is 3.80. The molecule has 1 aromatic carbocycles. The van der Waals surface area contributed by atoms with E-state index < -0.39 is 0 Å². The number of aromatic nitrogens is 1. The van der Waals surface area contributed by atoms with Crippen molar-refractivity contribution in [2.45, 2.75) is 18.9 Å². The highest BCUT2D eigenvalue weighted by molar-refractivity contribution is 7.80. The summed E-state index contributed by atoms with van der Waals surface area (Å²) >= 11 is 5.54. The topological polar surface area (TPSA) is 37.3 Å². The quantitative estimate of drug-likeness (QED) is 0.808. The molecule has 1 saturated heterocycles. The van der Waals surface area contributed by atoms with Gasteiger partial charge in [-0.3, -0.25) is 4.79 Å². The van der Waals surface area contributed by atoms with Crippen LogP contribution in [0, 0.1) is 11.7 Å². The second kappa shape index (κ2) is 6.02. The molecule has 2 atom stereocenters. The van der Waals surface area contributed by atoms with E-state index in [1.165, 1.54) is 12.1 Å². The SMILES string of the molecule is O=c1cccc2n1CC1CC2CN(C(=S)Nc2ccc(F)cc2)C1. The molecule has 124 valence electrons. The van der Waals surface area contributed by atoms with Crippen LogP contribution >= 0.6 is 12.2 Å². The van der Waals surface area contributed by atoms with Crippen molar-refractivity contribution < 1.29 is 4.39 Å². The van der Waals surface area contributed by atoms with E-state index >= 15 is 0 Å². The van der Waals surface area contributed by atoms with Crippen LogP contribution in [-0.2, 0) is 6.54 Å². The van der Waals surface area contributed by atoms with Crippen molar-refractivity contribution in [3.63, 3.8) is 0 Å². The first-order valence-electron chi connectivity index (χ1n) is 8.11. The Morgan fingerprint density at radius 2 is 1.92 bits per heavy atom. The lowest BCUT2D eigenvalue weighted by atomic mass is 9.83. The zero-order valence-electron chi connectivity index (χ0n) is 13.1. The van der Waals surface area contributed by atoms with Gasteiger partial charge >= 0.3 is 0 Å². The van der Waals surface area contributed by atoms with Crippen LogP contribution in [-0.4, -0.2) is 27.7 Å². The van der Waals surface area contributed by atoms with Crippen molar-refractivity contribution in [3.05, 3.63) is 64.3 Å². The smallest absolute Gasteiger partial charge is 0.250 e. The zero-order valence-corrected chi connectivity index (χ0v) is 13.9. The second-order valence-electron chi connectivity index (χ2n) is 6.54. The van der Waals surface area contributed by atoms with Gasteiger partial charge in [-0.1, -0.05) is 6.07 Å². The Bertz CT molecular complexity index is 833. The summed E-state index contributed by atoms with van der Waals surface area (Å²) in [6.07, 6.45) is 1.10. The van der Waals surface area contributed by atoms with Gasteiger partial charge in [-0.05, 0) is 54.9 Å². The van der Waals surface area contributed by atoms with Crippen LogP contribution in [0.1, 0.15) is 18.0 Å².